The van der Waals surface area contributed by atoms with Gasteiger partial charge in [-0.15, -0.1) is 0 Å². The molecule has 0 spiro atoms. The first-order chi connectivity index (χ1) is 22.8. The zero-order valence-electron chi connectivity index (χ0n) is 26.7. The predicted octanol–water partition coefficient (Wildman–Crippen LogP) is 6.73. The van der Waals surface area contributed by atoms with E-state index in [9.17, 15) is 32.7 Å². The second-order valence-electron chi connectivity index (χ2n) is 12.5. The Hall–Kier alpha value is -4.90. The average molecular weight is 661 g/mol. The molecule has 4 aromatic rings. The second-order valence-corrected chi connectivity index (χ2v) is 12.5. The van der Waals surface area contributed by atoms with Crippen LogP contribution in [0.15, 0.2) is 78.9 Å². The number of carbonyl (C=O) groups is 3. The summed E-state index contributed by atoms with van der Waals surface area (Å²) in [5, 5.41) is 13.2. The summed E-state index contributed by atoms with van der Waals surface area (Å²) in [6, 6.07) is 21.1. The summed E-state index contributed by atoms with van der Waals surface area (Å²) in [7, 11) is 3.11. The maximum atomic E-state index is 13.2. The number of nitrogens with zero attached hydrogens (tertiary/aromatic N) is 2. The molecule has 3 aliphatic rings. The van der Waals surface area contributed by atoms with Gasteiger partial charge in [-0.2, -0.15) is 13.2 Å². The number of piperidine rings is 2. The summed E-state index contributed by atoms with van der Waals surface area (Å²) in [4.78, 5) is 40.5. The molecule has 8 nitrogen and oxygen atoms in total. The van der Waals surface area contributed by atoms with Crippen molar-refractivity contribution in [3.63, 3.8) is 0 Å². The van der Waals surface area contributed by atoms with Crippen LogP contribution in [0, 0.1) is 11.8 Å². The number of ether oxygens (including phenoxy) is 2. The first-order valence-corrected chi connectivity index (χ1v) is 15.7. The van der Waals surface area contributed by atoms with Crippen LogP contribution in [0.2, 0.25) is 0 Å². The van der Waals surface area contributed by atoms with Crippen LogP contribution in [0.5, 0.6) is 0 Å². The predicted molar refractivity (Wildman–Crippen MR) is 173 cm³/mol. The lowest BCUT2D eigenvalue weighted by molar-refractivity contribution is -0.198. The standard InChI is InChI=1S/C37H35F3N2O6/c1-4-47-35(45)42-19-29-18-30(20-42)36(29,46)27-10-7-23(8-11-27)32-17-26(34(44)48-21-33(43)41(2)3)16-25-15-24(9-14-31(25)32)22-5-12-28(13-6-22)37(38,39)40/h5-17,29-30,46H,4,18-21H2,1-3H3/t29-,30+,36?. The van der Waals surface area contributed by atoms with Crippen LogP contribution in [0.4, 0.5) is 18.0 Å². The van der Waals surface area contributed by atoms with Crippen LogP contribution < -0.4 is 0 Å². The fraction of sp³-hybridized carbons (Fsp3) is 0.324. The van der Waals surface area contributed by atoms with Gasteiger partial charge >= 0.3 is 18.2 Å². The summed E-state index contributed by atoms with van der Waals surface area (Å²) in [6.07, 6.45) is -4.02. The first kappa shape index (κ1) is 33.0. The SMILES string of the molecule is CCOC(=O)N1C[C@H]2C[C@@H](C1)C2(O)c1ccc(-c2cc(C(=O)OCC(=O)N(C)C)cc3cc(-c4ccc(C(F)(F)F)cc4)ccc23)cc1. The Morgan fingerprint density at radius 2 is 1.50 bits per heavy atom. The van der Waals surface area contributed by atoms with Crippen molar-refractivity contribution in [3.8, 4) is 22.3 Å². The number of hydrogen-bond acceptors (Lipinski definition) is 6. The number of aliphatic hydroxyl groups is 1. The molecule has 2 aliphatic heterocycles. The topological polar surface area (TPSA) is 96.4 Å². The normalized spacial score (nSPS) is 20.2. The number of benzene rings is 4. The van der Waals surface area contributed by atoms with Crippen molar-refractivity contribution in [1.82, 2.24) is 9.80 Å². The zero-order chi connectivity index (χ0) is 34.4. The average Bonchev–Trinajstić information content (AvgIpc) is 3.09. The Bertz CT molecular complexity index is 1860. The van der Waals surface area contributed by atoms with E-state index in [1.54, 1.807) is 44.1 Å². The highest BCUT2D eigenvalue weighted by atomic mass is 19.4. The molecule has 2 amide bonds. The Labute approximate surface area is 275 Å². The lowest BCUT2D eigenvalue weighted by Gasteiger charge is -2.59. The Kier molecular flexibility index (Phi) is 8.67. The highest BCUT2D eigenvalue weighted by Gasteiger charge is 2.59. The van der Waals surface area contributed by atoms with Crippen LogP contribution in [0.25, 0.3) is 33.0 Å². The van der Waals surface area contributed by atoms with E-state index in [1.807, 2.05) is 36.4 Å². The van der Waals surface area contributed by atoms with Crippen molar-refractivity contribution in [3.05, 3.63) is 95.6 Å². The van der Waals surface area contributed by atoms with Gasteiger partial charge in [0.1, 0.15) is 0 Å². The van der Waals surface area contributed by atoms with E-state index in [0.29, 0.717) is 35.2 Å². The van der Waals surface area contributed by atoms with Crippen molar-refractivity contribution in [2.75, 3.05) is 40.4 Å². The van der Waals surface area contributed by atoms with E-state index in [2.05, 4.69) is 0 Å². The Balaban J connectivity index is 1.34. The van der Waals surface area contributed by atoms with E-state index in [0.717, 1.165) is 35.1 Å². The van der Waals surface area contributed by atoms with Crippen molar-refractivity contribution >= 4 is 28.7 Å². The molecule has 3 atom stereocenters. The van der Waals surface area contributed by atoms with Crippen LogP contribution in [0.1, 0.15) is 34.8 Å². The number of alkyl halides is 3. The number of likely N-dealkylation sites (N-methyl/N-ethyl adjacent to an activating group) is 1. The van der Waals surface area contributed by atoms with Crippen LogP contribution >= 0.6 is 0 Å². The van der Waals surface area contributed by atoms with E-state index in [-0.39, 0.29) is 36.0 Å². The van der Waals surface area contributed by atoms with Gasteiger partial charge in [0, 0.05) is 39.0 Å². The van der Waals surface area contributed by atoms with Gasteiger partial charge in [-0.05, 0) is 82.3 Å². The molecule has 1 aliphatic carbocycles. The Morgan fingerprint density at radius 3 is 2.10 bits per heavy atom. The van der Waals surface area contributed by atoms with Crippen molar-refractivity contribution in [2.24, 2.45) is 11.8 Å². The third-order valence-electron chi connectivity index (χ3n) is 9.44. The lowest BCUT2D eigenvalue weighted by Crippen LogP contribution is -2.65. The zero-order valence-corrected chi connectivity index (χ0v) is 26.7. The molecule has 3 fully saturated rings. The van der Waals surface area contributed by atoms with Crippen molar-refractivity contribution in [1.29, 1.82) is 0 Å². The van der Waals surface area contributed by atoms with Crippen LogP contribution in [0.3, 0.4) is 0 Å². The van der Waals surface area contributed by atoms with Gasteiger partial charge in [0.2, 0.25) is 0 Å². The van der Waals surface area contributed by atoms with Gasteiger partial charge < -0.3 is 24.4 Å². The number of hydrogen-bond donors (Lipinski definition) is 1. The Morgan fingerprint density at radius 1 is 0.875 bits per heavy atom. The molecule has 2 heterocycles. The summed E-state index contributed by atoms with van der Waals surface area (Å²) in [5.74, 6) is -1.33. The third kappa shape index (κ3) is 6.10. The highest BCUT2D eigenvalue weighted by Crippen LogP contribution is 2.55. The highest BCUT2D eigenvalue weighted by molar-refractivity contribution is 6.04. The van der Waals surface area contributed by atoms with Crippen LogP contribution in [-0.4, -0.2) is 73.3 Å². The summed E-state index contributed by atoms with van der Waals surface area (Å²) in [6.45, 7) is 2.41. The van der Waals surface area contributed by atoms with Gasteiger partial charge in [-0.25, -0.2) is 9.59 Å². The van der Waals surface area contributed by atoms with Crippen molar-refractivity contribution in [2.45, 2.75) is 25.1 Å². The monoisotopic (exact) mass is 660 g/mol. The molecule has 1 saturated carbocycles. The molecular weight excluding hydrogens is 625 g/mol. The number of rotatable bonds is 7. The number of amides is 2. The third-order valence-corrected chi connectivity index (χ3v) is 9.44. The summed E-state index contributed by atoms with van der Waals surface area (Å²) in [5.41, 5.74) is 1.78. The minimum Gasteiger partial charge on any atom is -0.452 e. The van der Waals surface area contributed by atoms with Crippen molar-refractivity contribution < 1.29 is 42.1 Å². The number of fused-ring (bicyclic) bond motifs is 3. The van der Waals surface area contributed by atoms with Gasteiger partial charge in [0.05, 0.1) is 23.3 Å². The molecule has 11 heteroatoms. The largest absolute Gasteiger partial charge is 0.452 e. The maximum Gasteiger partial charge on any atom is 0.416 e. The number of carbonyl (C=O) groups excluding carboxylic acids is 3. The van der Waals surface area contributed by atoms with E-state index in [4.69, 9.17) is 9.47 Å². The van der Waals surface area contributed by atoms with E-state index in [1.165, 1.54) is 17.0 Å². The fourth-order valence-corrected chi connectivity index (χ4v) is 6.76. The quantitative estimate of drug-likeness (QED) is 0.221. The van der Waals surface area contributed by atoms with Gasteiger partial charge in [-0.1, -0.05) is 48.5 Å². The number of esters is 1. The second kappa shape index (κ2) is 12.6. The smallest absolute Gasteiger partial charge is 0.416 e. The molecule has 4 aromatic carbocycles. The number of halogens is 3. The molecule has 2 bridgehead atoms. The molecule has 1 N–H and O–H groups in total. The maximum absolute atomic E-state index is 13.2. The van der Waals surface area contributed by atoms with Gasteiger partial charge in [-0.3, -0.25) is 4.79 Å². The minimum absolute atomic E-state index is 0.126. The molecule has 48 heavy (non-hydrogen) atoms. The van der Waals surface area contributed by atoms with Crippen LogP contribution in [-0.2, 0) is 26.0 Å². The molecule has 2 saturated heterocycles. The molecular formula is C37H35F3N2O6. The molecule has 7 rings (SSSR count). The summed E-state index contributed by atoms with van der Waals surface area (Å²) < 4.78 is 49.9. The molecule has 0 aromatic heterocycles. The molecule has 1 unspecified atom stereocenters. The lowest BCUT2D eigenvalue weighted by atomic mass is 9.55. The molecule has 0 radical (unpaired) electrons. The fourth-order valence-electron chi connectivity index (χ4n) is 6.76. The van der Waals surface area contributed by atoms with Gasteiger partial charge in [0.15, 0.2) is 6.61 Å². The first-order valence-electron chi connectivity index (χ1n) is 15.7. The van der Waals surface area contributed by atoms with Gasteiger partial charge in [0.25, 0.3) is 5.91 Å². The molecule has 250 valence electrons. The minimum atomic E-state index is -4.45. The van der Waals surface area contributed by atoms with E-state index >= 15 is 0 Å². The van der Waals surface area contributed by atoms with E-state index < -0.39 is 29.9 Å². The summed E-state index contributed by atoms with van der Waals surface area (Å²) >= 11 is 0.